The van der Waals surface area contributed by atoms with E-state index in [0.717, 1.165) is 38.5 Å². The van der Waals surface area contributed by atoms with Gasteiger partial charge in [-0.2, -0.15) is 0 Å². The molecule has 92 heavy (non-hydrogen) atoms. The van der Waals surface area contributed by atoms with E-state index in [1.54, 1.807) is 20.9 Å². The highest BCUT2D eigenvalue weighted by atomic mass is 16.9. The van der Waals surface area contributed by atoms with Crippen LogP contribution in [0.5, 0.6) is 5.75 Å². The summed E-state index contributed by atoms with van der Waals surface area (Å²) in [7, 11) is 1.80. The summed E-state index contributed by atoms with van der Waals surface area (Å²) in [6.45, 7) is 19.0. The van der Waals surface area contributed by atoms with E-state index in [-0.39, 0.29) is 138 Å². The van der Waals surface area contributed by atoms with E-state index >= 15 is 0 Å². The first-order valence-electron chi connectivity index (χ1n) is 31.0. The fraction of sp³-hybridized carbons (Fsp3) is 0.797. The maximum absolute atomic E-state index is 13.8. The van der Waals surface area contributed by atoms with E-state index in [2.05, 4.69) is 28.9 Å². The van der Waals surface area contributed by atoms with E-state index in [1.807, 2.05) is 65.5 Å². The SMILES string of the molecule is C.C.C.C.C.C.CCC1(OC2CC3C4CCc5cc(O)ccc5C4CCC3(C)C2)OCC2(COC(OC(COC(=O)CN(C)CC(C)C)COC(=O)C(CC(C)C)NC(=O)CC(=O)NC(CC(C)C)C(=O)OCOC(=O)C(CC(C)C)NC(=O)CC(C)=O)OC2)CO1. The number of nitrogens with one attached hydrogen (secondary N) is 3. The Kier molecular flexibility index (Phi) is 37.3. The molecule has 23 heteroatoms. The molecule has 1 spiro atoms. The predicted molar refractivity (Wildman–Crippen MR) is 351 cm³/mol. The lowest BCUT2D eigenvalue weighted by molar-refractivity contribution is -0.451. The molecule has 532 valence electrons. The van der Waals surface area contributed by atoms with Crippen LogP contribution in [0.3, 0.4) is 0 Å². The topological polar surface area (TPSA) is 288 Å². The average molecular weight is 1310 g/mol. The number of ether oxygens (including phenoxy) is 10. The molecule has 2 saturated heterocycles. The molecule has 1 aromatic carbocycles. The fourth-order valence-electron chi connectivity index (χ4n) is 12.9. The molecule has 6 rings (SSSR count). The van der Waals surface area contributed by atoms with Crippen LogP contribution in [-0.2, 0) is 92.1 Å². The number of phenols is 1. The lowest BCUT2D eigenvalue weighted by atomic mass is 9.56. The van der Waals surface area contributed by atoms with E-state index in [0.29, 0.717) is 42.4 Å². The zero-order valence-corrected chi connectivity index (χ0v) is 52.8. The second-order valence-electron chi connectivity index (χ2n) is 26.7. The van der Waals surface area contributed by atoms with Crippen LogP contribution < -0.4 is 16.0 Å². The van der Waals surface area contributed by atoms with Crippen molar-refractivity contribution >= 4 is 47.4 Å². The molecule has 23 nitrogen and oxygen atoms in total. The van der Waals surface area contributed by atoms with Crippen LogP contribution in [0.1, 0.15) is 208 Å². The number of phenolic OH excluding ortho intramolecular Hbond substituents is 1. The zero-order chi connectivity index (χ0) is 63.1. The van der Waals surface area contributed by atoms with Gasteiger partial charge in [0.2, 0.25) is 24.5 Å². The summed E-state index contributed by atoms with van der Waals surface area (Å²) in [6.07, 6.45) is 4.65. The van der Waals surface area contributed by atoms with Gasteiger partial charge in [0.05, 0.1) is 50.9 Å². The van der Waals surface area contributed by atoms with Crippen LogP contribution in [0.25, 0.3) is 0 Å². The number of aromatic hydroxyl groups is 1. The summed E-state index contributed by atoms with van der Waals surface area (Å²) >= 11 is 0. The van der Waals surface area contributed by atoms with Crippen LogP contribution in [0.2, 0.25) is 0 Å². The first-order valence-corrected chi connectivity index (χ1v) is 31.0. The third-order valence-electron chi connectivity index (χ3n) is 16.8. The number of rotatable bonds is 31. The van der Waals surface area contributed by atoms with Gasteiger partial charge in [0.1, 0.15) is 55.4 Å². The van der Waals surface area contributed by atoms with Gasteiger partial charge in [-0.05, 0) is 142 Å². The maximum atomic E-state index is 13.8. The summed E-state index contributed by atoms with van der Waals surface area (Å²) in [6, 6.07) is 2.30. The molecule has 3 amide bonds. The molecule has 2 heterocycles. The number of nitrogens with zero attached hydrogens (tertiary/aromatic N) is 1. The molecular formula is C69H122N4O19. The smallest absolute Gasteiger partial charge is 0.331 e. The van der Waals surface area contributed by atoms with Crippen molar-refractivity contribution in [2.75, 3.05) is 66.6 Å². The Balaban J connectivity index is 0.0000138. The average Bonchev–Trinajstić information content (AvgIpc) is 1.50. The lowest BCUT2D eigenvalue weighted by Crippen LogP contribution is -2.58. The van der Waals surface area contributed by atoms with Crippen molar-refractivity contribution in [1.82, 2.24) is 20.9 Å². The standard InChI is InChI=1S/C63H98N4O19.6CH4/c1-13-63(86-44-25-49-48-16-14-42-24-43(69)15-17-46(42)47(48)18-19-61(49,11)27-44)83-34-62(35-84-63)32-79-60(80-33-62)85-45(30-77-56(73)29-67(12)28-40(8)9)31-78-57(74)50(20-37(2)3)65-54(71)26-55(72)66-52(22-39(6)7)59(76)82-36-81-58(75)51(21-38(4)5)64-53(70)23-41(10)68;;;;;;/h15,17,24,37-40,44-45,47-52,60,69H,13-14,16,18-23,25-36H2,1-12H3,(H,64,70)(H,65,71)(H,66,72);6*1H4. The molecule has 1 aromatic rings. The van der Waals surface area contributed by atoms with Crippen LogP contribution in [0.4, 0.5) is 0 Å². The minimum atomic E-state index is -1.26. The molecule has 0 aromatic heterocycles. The van der Waals surface area contributed by atoms with Crippen molar-refractivity contribution in [1.29, 1.82) is 0 Å². The van der Waals surface area contributed by atoms with E-state index in [1.165, 1.54) is 18.1 Å². The highest BCUT2D eigenvalue weighted by Gasteiger charge is 2.56. The Morgan fingerprint density at radius 1 is 0.685 bits per heavy atom. The van der Waals surface area contributed by atoms with Gasteiger partial charge >= 0.3 is 23.9 Å². The molecule has 0 bridgehead atoms. The summed E-state index contributed by atoms with van der Waals surface area (Å²) in [5.74, 6) is -5.39. The van der Waals surface area contributed by atoms with Gasteiger partial charge < -0.3 is 68.4 Å². The summed E-state index contributed by atoms with van der Waals surface area (Å²) in [5, 5.41) is 17.7. The van der Waals surface area contributed by atoms with Gasteiger partial charge in [0.15, 0.2) is 0 Å². The Hall–Kier alpha value is -5.30. The number of carbonyl (C=O) groups is 8. The second-order valence-corrected chi connectivity index (χ2v) is 26.7. The number of likely N-dealkylation sites (N-methyl/N-ethyl adjacent to an activating group) is 1. The summed E-state index contributed by atoms with van der Waals surface area (Å²) in [5.41, 5.74) is 2.10. The Bertz CT molecular complexity index is 2470. The van der Waals surface area contributed by atoms with Gasteiger partial charge in [0, 0.05) is 13.0 Å². The third-order valence-corrected chi connectivity index (χ3v) is 16.8. The first kappa shape index (κ1) is 86.7. The number of benzene rings is 1. The second kappa shape index (κ2) is 39.5. The largest absolute Gasteiger partial charge is 0.508 e. The van der Waals surface area contributed by atoms with Crippen LogP contribution in [0.15, 0.2) is 18.2 Å². The van der Waals surface area contributed by atoms with Gasteiger partial charge in [0.25, 0.3) is 12.4 Å². The minimum Gasteiger partial charge on any atom is -0.508 e. The zero-order valence-electron chi connectivity index (χ0n) is 52.8. The van der Waals surface area contributed by atoms with Crippen LogP contribution in [-0.4, -0.2) is 167 Å². The third kappa shape index (κ3) is 25.8. The molecule has 9 atom stereocenters. The number of aryl methyl sites for hydroxylation is 1. The van der Waals surface area contributed by atoms with Crippen molar-refractivity contribution in [2.24, 2.45) is 46.3 Å². The predicted octanol–water partition coefficient (Wildman–Crippen LogP) is 9.94. The Labute approximate surface area is 551 Å². The minimum absolute atomic E-state index is 0. The number of fused-ring (bicyclic) bond motifs is 5. The van der Waals surface area contributed by atoms with Crippen molar-refractivity contribution in [3.05, 3.63) is 29.3 Å². The van der Waals surface area contributed by atoms with Crippen LogP contribution in [0, 0.1) is 46.3 Å². The molecule has 5 aliphatic rings. The lowest BCUT2D eigenvalue weighted by Gasteiger charge is -2.49. The number of Topliss-reactive ketones (excluding diaryl/α,β-unsaturated/α-hetero) is 1. The summed E-state index contributed by atoms with van der Waals surface area (Å²) in [4.78, 5) is 105. The normalized spacial score (nSPS) is 24.9. The molecule has 9 unspecified atom stereocenters. The Morgan fingerprint density at radius 2 is 1.20 bits per heavy atom. The molecule has 2 saturated carbocycles. The van der Waals surface area contributed by atoms with E-state index in [9.17, 15) is 43.5 Å². The fourth-order valence-corrected chi connectivity index (χ4v) is 12.9. The van der Waals surface area contributed by atoms with E-state index < -0.39 is 110 Å². The number of esters is 4. The summed E-state index contributed by atoms with van der Waals surface area (Å²) < 4.78 is 60.0. The van der Waals surface area contributed by atoms with Crippen LogP contribution >= 0.6 is 0 Å². The molecule has 4 N–H and O–H groups in total. The maximum Gasteiger partial charge on any atom is 0.331 e. The first-order chi connectivity index (χ1) is 40.6. The highest BCUT2D eigenvalue weighted by molar-refractivity contribution is 6.00. The quantitative estimate of drug-likeness (QED) is 0.0233. The van der Waals surface area contributed by atoms with Crippen molar-refractivity contribution in [3.63, 3.8) is 0 Å². The monoisotopic (exact) mass is 1310 g/mol. The molecule has 3 aliphatic carbocycles. The Morgan fingerprint density at radius 3 is 1.70 bits per heavy atom. The van der Waals surface area contributed by atoms with Gasteiger partial charge in [-0.25, -0.2) is 14.4 Å². The van der Waals surface area contributed by atoms with E-state index in [4.69, 9.17) is 47.4 Å². The van der Waals surface area contributed by atoms with Gasteiger partial charge in [-0.3, -0.25) is 28.9 Å². The number of hydrogen-bond donors (Lipinski definition) is 4. The molecule has 0 radical (unpaired) electrons. The van der Waals surface area contributed by atoms with Crippen molar-refractivity contribution in [2.45, 2.75) is 246 Å². The number of carbonyl (C=O) groups excluding carboxylic acids is 8. The number of amides is 3. The van der Waals surface area contributed by atoms with Gasteiger partial charge in [-0.1, -0.05) is 120 Å². The number of ketones is 1. The number of hydrogen-bond acceptors (Lipinski definition) is 20. The highest BCUT2D eigenvalue weighted by Crippen LogP contribution is 2.62. The molecule has 4 fully saturated rings. The van der Waals surface area contributed by atoms with Gasteiger partial charge in [-0.15, -0.1) is 0 Å². The molecular weight excluding hydrogens is 1190 g/mol. The molecule has 2 aliphatic heterocycles. The van der Waals surface area contributed by atoms with Crippen molar-refractivity contribution in [3.8, 4) is 5.75 Å². The van der Waals surface area contributed by atoms with Crippen molar-refractivity contribution < 1.29 is 90.8 Å².